The Bertz CT molecular complexity index is 504. The quantitative estimate of drug-likeness (QED) is 0.823. The maximum absolute atomic E-state index is 11.9. The average Bonchev–Trinajstić information content (AvgIpc) is 2.55. The number of hydrogen-bond donors (Lipinski definition) is 1. The minimum atomic E-state index is 0.0121. The number of nitrogens with zero attached hydrogens (tertiary/aromatic N) is 2. The van der Waals surface area contributed by atoms with Crippen LogP contribution in [0.15, 0.2) is 24.3 Å². The summed E-state index contributed by atoms with van der Waals surface area (Å²) in [4.78, 5) is 16.7. The molecule has 0 saturated carbocycles. The summed E-state index contributed by atoms with van der Waals surface area (Å²) in [6.07, 6.45) is 0.334. The molecule has 23 heavy (non-hydrogen) atoms. The Labute approximate surface area is 143 Å². The number of nitrogens with one attached hydrogen (secondary N) is 1. The van der Waals surface area contributed by atoms with E-state index in [-0.39, 0.29) is 5.91 Å². The Morgan fingerprint density at radius 2 is 2.00 bits per heavy atom. The number of halogens is 1. The van der Waals surface area contributed by atoms with Gasteiger partial charge in [-0.05, 0) is 26.1 Å². The third kappa shape index (κ3) is 6.01. The van der Waals surface area contributed by atoms with E-state index in [1.54, 1.807) is 12.1 Å². The van der Waals surface area contributed by atoms with Gasteiger partial charge in [-0.3, -0.25) is 9.69 Å². The Kier molecular flexibility index (Phi) is 7.15. The second-order valence-electron chi connectivity index (χ2n) is 6.02. The standard InChI is InChI=1S/C17H26ClN3O2/c1-14(21-10-8-20(2)9-11-21)13-19-17(22)7-12-23-16-6-4-3-5-15(16)18/h3-6,14H,7-13H2,1-2H3,(H,19,22). The average molecular weight is 340 g/mol. The number of carbonyl (C=O) groups is 1. The highest BCUT2D eigenvalue weighted by atomic mass is 35.5. The van der Waals surface area contributed by atoms with Crippen molar-refractivity contribution < 1.29 is 9.53 Å². The minimum absolute atomic E-state index is 0.0121. The number of ether oxygens (including phenoxy) is 1. The number of amides is 1. The highest BCUT2D eigenvalue weighted by Crippen LogP contribution is 2.22. The first-order valence-corrected chi connectivity index (χ1v) is 8.50. The van der Waals surface area contributed by atoms with Gasteiger partial charge in [0.25, 0.3) is 0 Å². The second-order valence-corrected chi connectivity index (χ2v) is 6.43. The number of piperazine rings is 1. The zero-order valence-corrected chi connectivity index (χ0v) is 14.7. The molecule has 1 amide bonds. The van der Waals surface area contributed by atoms with Crippen LogP contribution in [0.1, 0.15) is 13.3 Å². The molecule has 1 heterocycles. The van der Waals surface area contributed by atoms with Gasteiger partial charge in [-0.15, -0.1) is 0 Å². The number of benzene rings is 1. The van der Waals surface area contributed by atoms with Crippen molar-refractivity contribution in [3.63, 3.8) is 0 Å². The number of hydrogen-bond acceptors (Lipinski definition) is 4. The smallest absolute Gasteiger partial charge is 0.223 e. The van der Waals surface area contributed by atoms with Crippen LogP contribution in [-0.2, 0) is 4.79 Å². The normalized spacial score (nSPS) is 17.7. The van der Waals surface area contributed by atoms with Crippen LogP contribution in [0.5, 0.6) is 5.75 Å². The summed E-state index contributed by atoms with van der Waals surface area (Å²) in [5.74, 6) is 0.630. The SMILES string of the molecule is CC(CNC(=O)CCOc1ccccc1Cl)N1CCN(C)CC1. The van der Waals surface area contributed by atoms with E-state index in [4.69, 9.17) is 16.3 Å². The van der Waals surface area contributed by atoms with Crippen molar-refractivity contribution in [1.82, 2.24) is 15.1 Å². The lowest BCUT2D eigenvalue weighted by atomic mass is 10.2. The van der Waals surface area contributed by atoms with E-state index in [0.29, 0.717) is 36.4 Å². The maximum Gasteiger partial charge on any atom is 0.223 e. The molecular formula is C17H26ClN3O2. The molecule has 0 spiro atoms. The molecule has 0 aliphatic carbocycles. The van der Waals surface area contributed by atoms with Gasteiger partial charge in [0.05, 0.1) is 18.1 Å². The first-order chi connectivity index (χ1) is 11.1. The first-order valence-electron chi connectivity index (χ1n) is 8.13. The molecule has 1 aromatic rings. The molecule has 1 fully saturated rings. The lowest BCUT2D eigenvalue weighted by molar-refractivity contribution is -0.121. The molecule has 1 aliphatic heterocycles. The Hall–Kier alpha value is -1.30. The van der Waals surface area contributed by atoms with Crippen molar-refractivity contribution in [3.05, 3.63) is 29.3 Å². The van der Waals surface area contributed by atoms with Crippen LogP contribution in [-0.4, -0.2) is 68.1 Å². The third-order valence-corrected chi connectivity index (χ3v) is 4.49. The first kappa shape index (κ1) is 18.0. The molecule has 5 nitrogen and oxygen atoms in total. The van der Waals surface area contributed by atoms with Crippen LogP contribution >= 0.6 is 11.6 Å². The van der Waals surface area contributed by atoms with Gasteiger partial charge in [0, 0.05) is 38.8 Å². The van der Waals surface area contributed by atoms with E-state index >= 15 is 0 Å². The molecule has 2 rings (SSSR count). The highest BCUT2D eigenvalue weighted by Gasteiger charge is 2.19. The van der Waals surface area contributed by atoms with Gasteiger partial charge in [-0.25, -0.2) is 0 Å². The van der Waals surface area contributed by atoms with Gasteiger partial charge in [-0.1, -0.05) is 23.7 Å². The lowest BCUT2D eigenvalue weighted by Gasteiger charge is -2.36. The predicted octanol–water partition coefficient (Wildman–Crippen LogP) is 1.86. The molecule has 1 N–H and O–H groups in total. The zero-order valence-electron chi connectivity index (χ0n) is 13.9. The van der Waals surface area contributed by atoms with E-state index in [2.05, 4.69) is 29.1 Å². The van der Waals surface area contributed by atoms with E-state index in [1.807, 2.05) is 12.1 Å². The molecule has 1 atom stereocenters. The topological polar surface area (TPSA) is 44.8 Å². The third-order valence-electron chi connectivity index (χ3n) is 4.18. The van der Waals surface area contributed by atoms with Gasteiger partial charge in [0.1, 0.15) is 5.75 Å². The van der Waals surface area contributed by atoms with Crippen molar-refractivity contribution in [2.24, 2.45) is 0 Å². The molecule has 0 radical (unpaired) electrons. The van der Waals surface area contributed by atoms with Gasteiger partial charge < -0.3 is 15.0 Å². The number of rotatable bonds is 7. The van der Waals surface area contributed by atoms with Gasteiger partial charge in [0.2, 0.25) is 5.91 Å². The fourth-order valence-electron chi connectivity index (χ4n) is 2.56. The van der Waals surface area contributed by atoms with Crippen LogP contribution in [0.3, 0.4) is 0 Å². The van der Waals surface area contributed by atoms with Gasteiger partial charge >= 0.3 is 0 Å². The van der Waals surface area contributed by atoms with Crippen molar-refractivity contribution in [2.45, 2.75) is 19.4 Å². The van der Waals surface area contributed by atoms with Crippen molar-refractivity contribution >= 4 is 17.5 Å². The summed E-state index contributed by atoms with van der Waals surface area (Å²) in [5, 5.41) is 3.55. The summed E-state index contributed by atoms with van der Waals surface area (Å²) in [7, 11) is 2.14. The molecule has 1 unspecified atom stereocenters. The van der Waals surface area contributed by atoms with E-state index < -0.39 is 0 Å². The summed E-state index contributed by atoms with van der Waals surface area (Å²) in [6.45, 7) is 7.46. The van der Waals surface area contributed by atoms with Crippen molar-refractivity contribution in [2.75, 3.05) is 46.4 Å². The Balaban J connectivity index is 1.62. The number of para-hydroxylation sites is 1. The molecular weight excluding hydrogens is 314 g/mol. The van der Waals surface area contributed by atoms with Crippen LogP contribution < -0.4 is 10.1 Å². The van der Waals surface area contributed by atoms with Crippen LogP contribution in [0.4, 0.5) is 0 Å². The van der Waals surface area contributed by atoms with Gasteiger partial charge in [-0.2, -0.15) is 0 Å². The molecule has 6 heteroatoms. The molecule has 1 aliphatic rings. The van der Waals surface area contributed by atoms with Crippen LogP contribution in [0, 0.1) is 0 Å². The molecule has 1 aromatic carbocycles. The van der Waals surface area contributed by atoms with Crippen molar-refractivity contribution in [3.8, 4) is 5.75 Å². The summed E-state index contributed by atoms with van der Waals surface area (Å²) >= 11 is 6.00. The molecule has 0 aromatic heterocycles. The fraction of sp³-hybridized carbons (Fsp3) is 0.588. The van der Waals surface area contributed by atoms with Crippen LogP contribution in [0.25, 0.3) is 0 Å². The fourth-order valence-corrected chi connectivity index (χ4v) is 2.75. The van der Waals surface area contributed by atoms with Crippen LogP contribution in [0.2, 0.25) is 5.02 Å². The second kappa shape index (κ2) is 9.11. The summed E-state index contributed by atoms with van der Waals surface area (Å²) < 4.78 is 5.53. The monoisotopic (exact) mass is 339 g/mol. The minimum Gasteiger partial charge on any atom is -0.491 e. The summed E-state index contributed by atoms with van der Waals surface area (Å²) in [5.41, 5.74) is 0. The van der Waals surface area contributed by atoms with E-state index in [9.17, 15) is 4.79 Å². The lowest BCUT2D eigenvalue weighted by Crippen LogP contribution is -2.51. The van der Waals surface area contributed by atoms with E-state index in [1.165, 1.54) is 0 Å². The summed E-state index contributed by atoms with van der Waals surface area (Å²) in [6, 6.07) is 7.64. The molecule has 0 bridgehead atoms. The molecule has 1 saturated heterocycles. The largest absolute Gasteiger partial charge is 0.491 e. The van der Waals surface area contributed by atoms with E-state index in [0.717, 1.165) is 26.2 Å². The number of likely N-dealkylation sites (N-methyl/N-ethyl adjacent to an activating group) is 1. The Morgan fingerprint density at radius 3 is 2.70 bits per heavy atom. The molecule has 128 valence electrons. The van der Waals surface area contributed by atoms with Gasteiger partial charge in [0.15, 0.2) is 0 Å². The highest BCUT2D eigenvalue weighted by molar-refractivity contribution is 6.32. The predicted molar refractivity (Wildman–Crippen MR) is 93.1 cm³/mol. The number of carbonyl (C=O) groups excluding carboxylic acids is 1. The Morgan fingerprint density at radius 1 is 1.30 bits per heavy atom. The maximum atomic E-state index is 11.9. The zero-order chi connectivity index (χ0) is 16.7. The van der Waals surface area contributed by atoms with Crippen molar-refractivity contribution in [1.29, 1.82) is 0 Å².